The largest absolute Gasteiger partial charge is 0.232 e. The molecule has 0 fully saturated rings. The van der Waals surface area contributed by atoms with Gasteiger partial charge in [0.25, 0.3) is 0 Å². The van der Waals surface area contributed by atoms with Gasteiger partial charge in [-0.2, -0.15) is 0 Å². The number of thiophene rings is 1. The molecule has 0 aliphatic heterocycles. The van der Waals surface area contributed by atoms with Crippen molar-refractivity contribution in [3.05, 3.63) is 84.2 Å². The van der Waals surface area contributed by atoms with Crippen LogP contribution in [0.1, 0.15) is 50.9 Å². The zero-order valence-electron chi connectivity index (χ0n) is 19.4. The molecule has 0 saturated carbocycles. The summed E-state index contributed by atoms with van der Waals surface area (Å²) in [5, 5.41) is 7.55. The van der Waals surface area contributed by atoms with E-state index in [0.717, 1.165) is 16.3 Å². The average molecular weight is 447 g/mol. The van der Waals surface area contributed by atoms with Gasteiger partial charge in [-0.25, -0.2) is 9.97 Å². The van der Waals surface area contributed by atoms with Crippen molar-refractivity contribution in [1.29, 1.82) is 0 Å². The molecule has 162 valence electrons. The molecule has 0 radical (unpaired) electrons. The van der Waals surface area contributed by atoms with Crippen molar-refractivity contribution in [3.8, 4) is 11.3 Å². The second-order valence-corrected chi connectivity index (χ2v) is 10.4. The van der Waals surface area contributed by atoms with Gasteiger partial charge in [-0.05, 0) is 33.0 Å². The number of aromatic nitrogens is 2. The molecule has 0 aliphatic carbocycles. The molecule has 0 spiro atoms. The lowest BCUT2D eigenvalue weighted by Crippen LogP contribution is -2.00. The van der Waals surface area contributed by atoms with E-state index in [1.54, 1.807) is 11.3 Å². The van der Waals surface area contributed by atoms with Gasteiger partial charge in [0.05, 0.1) is 5.69 Å². The summed E-state index contributed by atoms with van der Waals surface area (Å²) in [6.45, 7) is 8.87. The Balaban J connectivity index is 1.78. The lowest BCUT2D eigenvalue weighted by molar-refractivity contribution is 0.786. The minimum Gasteiger partial charge on any atom is -0.232 e. The summed E-state index contributed by atoms with van der Waals surface area (Å²) >= 11 is 1.79. The Morgan fingerprint density at radius 2 is 1.36 bits per heavy atom. The van der Waals surface area contributed by atoms with Crippen LogP contribution in [0.3, 0.4) is 0 Å². The zero-order valence-corrected chi connectivity index (χ0v) is 20.2. The van der Waals surface area contributed by atoms with E-state index in [1.165, 1.54) is 48.1 Å². The number of rotatable bonds is 3. The van der Waals surface area contributed by atoms with Crippen LogP contribution in [0.5, 0.6) is 0 Å². The molecule has 33 heavy (non-hydrogen) atoms. The molecule has 6 aromatic rings. The van der Waals surface area contributed by atoms with E-state index in [2.05, 4.69) is 100 Å². The molecule has 2 aromatic heterocycles. The highest BCUT2D eigenvalue weighted by Crippen LogP contribution is 2.43. The maximum absolute atomic E-state index is 5.19. The van der Waals surface area contributed by atoms with Crippen molar-refractivity contribution in [3.63, 3.8) is 0 Å². The molecule has 0 amide bonds. The normalized spacial score (nSPS) is 12.2. The first-order chi connectivity index (χ1) is 16.0. The van der Waals surface area contributed by atoms with Crippen LogP contribution in [-0.4, -0.2) is 9.97 Å². The first kappa shape index (κ1) is 20.3. The predicted octanol–water partition coefficient (Wildman–Crippen LogP) is 9.06. The topological polar surface area (TPSA) is 25.8 Å². The summed E-state index contributed by atoms with van der Waals surface area (Å²) in [5.41, 5.74) is 3.62. The van der Waals surface area contributed by atoms with Crippen molar-refractivity contribution < 1.29 is 0 Å². The zero-order chi connectivity index (χ0) is 22.7. The fraction of sp³-hybridized carbons (Fsp3) is 0.200. The Kier molecular flexibility index (Phi) is 4.70. The maximum Gasteiger partial charge on any atom is 0.133 e. The van der Waals surface area contributed by atoms with Crippen LogP contribution >= 0.6 is 11.3 Å². The van der Waals surface area contributed by atoms with E-state index in [9.17, 15) is 0 Å². The highest BCUT2D eigenvalue weighted by molar-refractivity contribution is 7.26. The Morgan fingerprint density at radius 3 is 2.12 bits per heavy atom. The predicted molar refractivity (Wildman–Crippen MR) is 144 cm³/mol. The Labute approximate surface area is 197 Å². The summed E-state index contributed by atoms with van der Waals surface area (Å²) in [6, 6.07) is 26.4. The average Bonchev–Trinajstić information content (AvgIpc) is 3.22. The number of hydrogen-bond acceptors (Lipinski definition) is 3. The maximum atomic E-state index is 5.19. The molecule has 0 bridgehead atoms. The molecule has 6 rings (SSSR count). The first-order valence-electron chi connectivity index (χ1n) is 11.7. The van der Waals surface area contributed by atoms with Gasteiger partial charge in [-0.3, -0.25) is 0 Å². The third-order valence-electron chi connectivity index (χ3n) is 6.59. The molecule has 0 N–H and O–H groups in total. The van der Waals surface area contributed by atoms with Crippen LogP contribution in [-0.2, 0) is 0 Å². The number of hydrogen-bond donors (Lipinski definition) is 0. The van der Waals surface area contributed by atoms with Crippen molar-refractivity contribution in [2.75, 3.05) is 0 Å². The van der Waals surface area contributed by atoms with Crippen molar-refractivity contribution in [2.24, 2.45) is 0 Å². The van der Waals surface area contributed by atoms with Gasteiger partial charge in [0, 0.05) is 27.0 Å². The second kappa shape index (κ2) is 7.64. The van der Waals surface area contributed by atoms with Crippen LogP contribution in [0.15, 0.2) is 72.8 Å². The molecule has 3 heteroatoms. The van der Waals surface area contributed by atoms with Gasteiger partial charge in [0.15, 0.2) is 0 Å². The SMILES string of the molecule is CC(C)c1nc(-c2ccc(C(C)C)c3ccccc23)c2c(n1)sc1c3ccccc3ccc12. The molecular formula is C30H26N2S. The Morgan fingerprint density at radius 1 is 0.636 bits per heavy atom. The van der Waals surface area contributed by atoms with E-state index in [1.807, 2.05) is 0 Å². The van der Waals surface area contributed by atoms with Gasteiger partial charge in [0.2, 0.25) is 0 Å². The van der Waals surface area contributed by atoms with E-state index in [0.29, 0.717) is 5.92 Å². The first-order valence-corrected chi connectivity index (χ1v) is 12.5. The van der Waals surface area contributed by atoms with Crippen molar-refractivity contribution in [2.45, 2.75) is 39.5 Å². The highest BCUT2D eigenvalue weighted by atomic mass is 32.1. The quantitative estimate of drug-likeness (QED) is 0.271. The fourth-order valence-electron chi connectivity index (χ4n) is 4.91. The molecule has 4 aromatic carbocycles. The number of nitrogens with zero attached hydrogens (tertiary/aromatic N) is 2. The molecule has 2 nitrogen and oxygen atoms in total. The number of fused-ring (bicyclic) bond motifs is 6. The highest BCUT2D eigenvalue weighted by Gasteiger charge is 2.20. The molecular weight excluding hydrogens is 420 g/mol. The van der Waals surface area contributed by atoms with Gasteiger partial charge in [0.1, 0.15) is 10.7 Å². The van der Waals surface area contributed by atoms with Crippen LogP contribution in [0.2, 0.25) is 0 Å². The van der Waals surface area contributed by atoms with E-state index in [-0.39, 0.29) is 5.92 Å². The second-order valence-electron chi connectivity index (χ2n) is 9.43. The van der Waals surface area contributed by atoms with Gasteiger partial charge < -0.3 is 0 Å². The lowest BCUT2D eigenvalue weighted by Gasteiger charge is -2.15. The monoisotopic (exact) mass is 446 g/mol. The lowest BCUT2D eigenvalue weighted by atomic mass is 9.91. The minimum absolute atomic E-state index is 0.260. The summed E-state index contributed by atoms with van der Waals surface area (Å²) in [6.07, 6.45) is 0. The third-order valence-corrected chi connectivity index (χ3v) is 7.72. The van der Waals surface area contributed by atoms with E-state index < -0.39 is 0 Å². The molecule has 0 aliphatic rings. The summed E-state index contributed by atoms with van der Waals surface area (Å²) in [4.78, 5) is 11.3. The van der Waals surface area contributed by atoms with Crippen molar-refractivity contribution in [1.82, 2.24) is 9.97 Å². The smallest absolute Gasteiger partial charge is 0.133 e. The number of benzene rings is 4. The molecule has 0 unspecified atom stereocenters. The van der Waals surface area contributed by atoms with Gasteiger partial charge >= 0.3 is 0 Å². The van der Waals surface area contributed by atoms with Crippen LogP contribution in [0, 0.1) is 0 Å². The fourth-order valence-corrected chi connectivity index (χ4v) is 6.12. The van der Waals surface area contributed by atoms with Crippen LogP contribution in [0.4, 0.5) is 0 Å². The third kappa shape index (κ3) is 3.14. The summed E-state index contributed by atoms with van der Waals surface area (Å²) in [5.74, 6) is 1.63. The summed E-state index contributed by atoms with van der Waals surface area (Å²) in [7, 11) is 0. The molecule has 0 saturated heterocycles. The Hall–Kier alpha value is -3.30. The summed E-state index contributed by atoms with van der Waals surface area (Å²) < 4.78 is 1.29. The standard InChI is InChI=1S/C30H26N2S/c1-17(2)20-15-16-24(23-12-8-7-11-22(20)23)27-26-25-14-13-19-9-5-6-10-21(19)28(25)33-30(26)32-29(31-27)18(3)4/h5-18H,1-4H3. The van der Waals surface area contributed by atoms with Gasteiger partial charge in [-0.15, -0.1) is 11.3 Å². The van der Waals surface area contributed by atoms with Crippen molar-refractivity contribution >= 4 is 53.2 Å². The minimum atomic E-state index is 0.260. The van der Waals surface area contributed by atoms with E-state index in [4.69, 9.17) is 9.97 Å². The van der Waals surface area contributed by atoms with Crippen LogP contribution in [0.25, 0.3) is 53.1 Å². The van der Waals surface area contributed by atoms with Gasteiger partial charge in [-0.1, -0.05) is 100 Å². The van der Waals surface area contributed by atoms with E-state index >= 15 is 0 Å². The molecule has 0 atom stereocenters. The van der Waals surface area contributed by atoms with Crippen LogP contribution < -0.4 is 0 Å². The Bertz CT molecular complexity index is 1670. The molecule has 2 heterocycles.